The highest BCUT2D eigenvalue weighted by atomic mass is 16.3. The molecule has 0 saturated carbocycles. The summed E-state index contributed by atoms with van der Waals surface area (Å²) in [6.45, 7) is 9.45. The van der Waals surface area contributed by atoms with Crippen LogP contribution in [-0.2, 0) is 9.59 Å². The van der Waals surface area contributed by atoms with Crippen LogP contribution in [0.3, 0.4) is 0 Å². The van der Waals surface area contributed by atoms with Crippen molar-refractivity contribution in [2.75, 3.05) is 45.9 Å². The summed E-state index contributed by atoms with van der Waals surface area (Å²) < 4.78 is 0. The monoisotopic (exact) mass is 355 g/mol. The molecule has 1 saturated heterocycles. The third-order valence-electron chi connectivity index (χ3n) is 4.90. The zero-order valence-corrected chi connectivity index (χ0v) is 15.1. The predicted octanol–water partition coefficient (Wildman–Crippen LogP) is 0.871. The van der Waals surface area contributed by atoms with Gasteiger partial charge in [0.1, 0.15) is 5.70 Å². The van der Waals surface area contributed by atoms with Gasteiger partial charge in [-0.25, -0.2) is 0 Å². The first kappa shape index (κ1) is 18.4. The number of aryl methyl sites for hydroxylation is 1. The number of carbonyl (C=O) groups is 2. The molecule has 138 valence electrons. The van der Waals surface area contributed by atoms with E-state index in [2.05, 4.69) is 11.5 Å². The zero-order chi connectivity index (χ0) is 18.7. The molecule has 2 heterocycles. The lowest BCUT2D eigenvalue weighted by atomic mass is 10.0. The number of carbonyl (C=O) groups excluding carboxylic acids is 2. The van der Waals surface area contributed by atoms with Crippen molar-refractivity contribution >= 4 is 17.4 Å². The molecule has 1 aromatic rings. The summed E-state index contributed by atoms with van der Waals surface area (Å²) in [6, 6.07) is 7.70. The van der Waals surface area contributed by atoms with E-state index in [-0.39, 0.29) is 25.0 Å². The number of nitrogens with zero attached hydrogens (tertiary/aromatic N) is 3. The first-order valence-electron chi connectivity index (χ1n) is 8.93. The van der Waals surface area contributed by atoms with E-state index in [9.17, 15) is 9.59 Å². The van der Waals surface area contributed by atoms with Crippen molar-refractivity contribution in [3.05, 3.63) is 53.7 Å². The maximum atomic E-state index is 13.0. The maximum absolute atomic E-state index is 13.0. The third-order valence-corrected chi connectivity index (χ3v) is 4.90. The fourth-order valence-electron chi connectivity index (χ4n) is 3.47. The molecule has 1 fully saturated rings. The van der Waals surface area contributed by atoms with Crippen LogP contribution in [0.1, 0.15) is 11.1 Å². The van der Waals surface area contributed by atoms with Gasteiger partial charge in [-0.05, 0) is 12.5 Å². The predicted molar refractivity (Wildman–Crippen MR) is 100 cm³/mol. The molecule has 0 aliphatic carbocycles. The molecule has 1 N–H and O–H groups in total. The van der Waals surface area contributed by atoms with E-state index in [0.717, 1.165) is 24.2 Å². The normalized spacial score (nSPS) is 18.8. The van der Waals surface area contributed by atoms with Crippen LogP contribution in [0.15, 0.2) is 42.6 Å². The lowest BCUT2D eigenvalue weighted by Crippen LogP contribution is -2.48. The lowest BCUT2D eigenvalue weighted by Gasteiger charge is -2.36. The van der Waals surface area contributed by atoms with Crippen LogP contribution in [0.4, 0.5) is 0 Å². The third kappa shape index (κ3) is 3.43. The number of aliphatic hydroxyl groups is 1. The summed E-state index contributed by atoms with van der Waals surface area (Å²) in [4.78, 5) is 31.3. The first-order valence-corrected chi connectivity index (χ1v) is 8.93. The van der Waals surface area contributed by atoms with E-state index >= 15 is 0 Å². The number of hydrogen-bond acceptors (Lipinski definition) is 5. The highest BCUT2D eigenvalue weighted by molar-refractivity contribution is 6.35. The zero-order valence-electron chi connectivity index (χ0n) is 15.1. The maximum Gasteiger partial charge on any atom is 0.278 e. The van der Waals surface area contributed by atoms with E-state index < -0.39 is 0 Å². The Kier molecular flexibility index (Phi) is 5.54. The fraction of sp³-hybridized carbons (Fsp3) is 0.400. The molecule has 2 aliphatic heterocycles. The average molecular weight is 355 g/mol. The number of imide groups is 1. The quantitative estimate of drug-likeness (QED) is 0.606. The van der Waals surface area contributed by atoms with Gasteiger partial charge in [-0.3, -0.25) is 19.4 Å². The van der Waals surface area contributed by atoms with Crippen LogP contribution in [0.25, 0.3) is 5.57 Å². The Hall–Kier alpha value is -2.44. The van der Waals surface area contributed by atoms with Crippen molar-refractivity contribution in [3.8, 4) is 0 Å². The molecule has 26 heavy (non-hydrogen) atoms. The molecular weight excluding hydrogens is 330 g/mol. The summed E-state index contributed by atoms with van der Waals surface area (Å²) in [5.41, 5.74) is 2.85. The van der Waals surface area contributed by atoms with Crippen LogP contribution in [-0.4, -0.2) is 77.5 Å². The van der Waals surface area contributed by atoms with Crippen molar-refractivity contribution in [2.24, 2.45) is 0 Å². The number of hydrogen-bond donors (Lipinski definition) is 1. The molecule has 0 spiro atoms. The summed E-state index contributed by atoms with van der Waals surface area (Å²) in [6.07, 6.45) is 1.57. The van der Waals surface area contributed by atoms with E-state index in [1.165, 1.54) is 4.90 Å². The number of amides is 2. The minimum atomic E-state index is -0.258. The minimum absolute atomic E-state index is 0.127. The van der Waals surface area contributed by atoms with Crippen LogP contribution >= 0.6 is 0 Å². The minimum Gasteiger partial charge on any atom is -0.395 e. The smallest absolute Gasteiger partial charge is 0.278 e. The summed E-state index contributed by atoms with van der Waals surface area (Å²) >= 11 is 0. The number of benzene rings is 1. The molecule has 0 atom stereocenters. The topological polar surface area (TPSA) is 64.1 Å². The molecule has 2 amide bonds. The molecule has 0 radical (unpaired) electrons. The van der Waals surface area contributed by atoms with E-state index in [1.54, 1.807) is 6.08 Å². The van der Waals surface area contributed by atoms with Crippen LogP contribution in [0.2, 0.25) is 0 Å². The SMILES string of the molecule is C=CCN1C(=O)C(c2ccc(C)cc2)=C(N2CCN(CCO)CC2)C1=O. The Labute approximate surface area is 154 Å². The second-order valence-corrected chi connectivity index (χ2v) is 6.65. The number of aliphatic hydroxyl groups excluding tert-OH is 1. The molecule has 6 heteroatoms. The molecule has 0 aromatic heterocycles. The summed E-state index contributed by atoms with van der Waals surface area (Å²) in [5.74, 6) is -0.507. The second kappa shape index (κ2) is 7.85. The van der Waals surface area contributed by atoms with Gasteiger partial charge in [0.2, 0.25) is 0 Å². The van der Waals surface area contributed by atoms with Gasteiger partial charge < -0.3 is 10.0 Å². The van der Waals surface area contributed by atoms with Gasteiger partial charge in [0.15, 0.2) is 0 Å². The van der Waals surface area contributed by atoms with Crippen LogP contribution < -0.4 is 0 Å². The Morgan fingerprint density at radius 1 is 1.08 bits per heavy atom. The first-order chi connectivity index (χ1) is 12.6. The molecule has 6 nitrogen and oxygen atoms in total. The van der Waals surface area contributed by atoms with Crippen molar-refractivity contribution in [2.45, 2.75) is 6.92 Å². The Morgan fingerprint density at radius 3 is 2.31 bits per heavy atom. The van der Waals surface area contributed by atoms with Crippen molar-refractivity contribution in [1.29, 1.82) is 0 Å². The highest BCUT2D eigenvalue weighted by Crippen LogP contribution is 2.32. The van der Waals surface area contributed by atoms with Crippen molar-refractivity contribution in [1.82, 2.24) is 14.7 Å². The van der Waals surface area contributed by atoms with E-state index in [4.69, 9.17) is 5.11 Å². The Balaban J connectivity index is 1.95. The Bertz CT molecular complexity index is 731. The molecular formula is C20H25N3O3. The second-order valence-electron chi connectivity index (χ2n) is 6.65. The molecule has 3 rings (SSSR count). The van der Waals surface area contributed by atoms with E-state index in [1.807, 2.05) is 36.1 Å². The van der Waals surface area contributed by atoms with Gasteiger partial charge in [-0.1, -0.05) is 35.9 Å². The van der Waals surface area contributed by atoms with Gasteiger partial charge in [-0.15, -0.1) is 6.58 Å². The summed E-state index contributed by atoms with van der Waals surface area (Å²) in [5, 5.41) is 9.10. The van der Waals surface area contributed by atoms with Gasteiger partial charge in [0.05, 0.1) is 12.2 Å². The molecule has 0 unspecified atom stereocenters. The number of β-amino-alcohol motifs (C(OH)–C–C–N with tert-alkyl or cyclic N) is 1. The lowest BCUT2D eigenvalue weighted by molar-refractivity contribution is -0.137. The largest absolute Gasteiger partial charge is 0.395 e. The van der Waals surface area contributed by atoms with Crippen LogP contribution in [0, 0.1) is 6.92 Å². The van der Waals surface area contributed by atoms with Gasteiger partial charge in [0.25, 0.3) is 11.8 Å². The molecule has 0 bridgehead atoms. The Morgan fingerprint density at radius 2 is 1.73 bits per heavy atom. The number of rotatable bonds is 6. The molecule has 1 aromatic carbocycles. The average Bonchev–Trinajstić information content (AvgIpc) is 2.88. The fourth-order valence-corrected chi connectivity index (χ4v) is 3.47. The number of piperazine rings is 1. The highest BCUT2D eigenvalue weighted by Gasteiger charge is 2.41. The van der Waals surface area contributed by atoms with Gasteiger partial charge in [-0.2, -0.15) is 0 Å². The van der Waals surface area contributed by atoms with Gasteiger partial charge in [0, 0.05) is 39.3 Å². The van der Waals surface area contributed by atoms with Crippen molar-refractivity contribution in [3.63, 3.8) is 0 Å². The molecule has 2 aliphatic rings. The van der Waals surface area contributed by atoms with Crippen LogP contribution in [0.5, 0.6) is 0 Å². The standard InChI is InChI=1S/C20H25N3O3/c1-3-8-23-19(25)17(16-6-4-15(2)5-7-16)18(20(23)26)22-11-9-21(10-12-22)13-14-24/h3-7,24H,1,8-14H2,2H3. The van der Waals surface area contributed by atoms with E-state index in [0.29, 0.717) is 30.9 Å². The van der Waals surface area contributed by atoms with Crippen molar-refractivity contribution < 1.29 is 14.7 Å². The summed E-state index contributed by atoms with van der Waals surface area (Å²) in [7, 11) is 0. The van der Waals surface area contributed by atoms with Gasteiger partial charge >= 0.3 is 0 Å².